The van der Waals surface area contributed by atoms with Gasteiger partial charge in [0.25, 0.3) is 0 Å². The van der Waals surface area contributed by atoms with Crippen LogP contribution >= 0.6 is 0 Å². The highest BCUT2D eigenvalue weighted by atomic mass is 16.5. The fourth-order valence-corrected chi connectivity index (χ4v) is 8.08. The molecule has 3 heteroatoms. The molecule has 2 heterocycles. The molecule has 0 bridgehead atoms. The number of para-hydroxylation sites is 3. The van der Waals surface area contributed by atoms with Crippen molar-refractivity contribution in [1.82, 2.24) is 0 Å². The largest absolute Gasteiger partial charge is 0.453 e. The Hall–Kier alpha value is -6.32. The van der Waals surface area contributed by atoms with E-state index in [1.54, 1.807) is 0 Å². The van der Waals surface area contributed by atoms with Gasteiger partial charge in [0.1, 0.15) is 0 Å². The second-order valence-electron chi connectivity index (χ2n) is 13.8. The molecule has 0 amide bonds. The van der Waals surface area contributed by atoms with Gasteiger partial charge in [-0.2, -0.15) is 0 Å². The van der Waals surface area contributed by atoms with Crippen LogP contribution in [-0.2, 0) is 5.41 Å². The van der Waals surface area contributed by atoms with Crippen LogP contribution < -0.4 is 14.5 Å². The van der Waals surface area contributed by atoms with Crippen LogP contribution in [0.2, 0.25) is 0 Å². The minimum atomic E-state index is -0.186. The van der Waals surface area contributed by atoms with Crippen LogP contribution in [0.1, 0.15) is 25.0 Å². The number of fused-ring (bicyclic) bond motifs is 6. The summed E-state index contributed by atoms with van der Waals surface area (Å²) in [4.78, 5) is 4.79. The van der Waals surface area contributed by atoms with Gasteiger partial charge in [0.2, 0.25) is 0 Å². The Morgan fingerprint density at radius 3 is 2.04 bits per heavy atom. The first-order valence-corrected chi connectivity index (χ1v) is 17.3. The van der Waals surface area contributed by atoms with Crippen molar-refractivity contribution in [2.24, 2.45) is 0 Å². The van der Waals surface area contributed by atoms with Crippen LogP contribution in [0.25, 0.3) is 32.7 Å². The molecule has 3 nitrogen and oxygen atoms in total. The fraction of sp³-hybridized carbons (Fsp3) is 0.0638. The number of benzene rings is 8. The number of hydrogen-bond donors (Lipinski definition) is 0. The Labute approximate surface area is 292 Å². The number of rotatable bonds is 4. The Balaban J connectivity index is 1.10. The predicted octanol–water partition coefficient (Wildman–Crippen LogP) is 13.3. The normalized spacial score (nSPS) is 13.7. The third-order valence-corrected chi connectivity index (χ3v) is 10.6. The maximum absolute atomic E-state index is 6.46. The van der Waals surface area contributed by atoms with E-state index >= 15 is 0 Å². The molecule has 10 rings (SSSR count). The number of hydrogen-bond acceptors (Lipinski definition) is 3. The van der Waals surface area contributed by atoms with Gasteiger partial charge in [-0.3, -0.25) is 0 Å². The van der Waals surface area contributed by atoms with Crippen LogP contribution in [0.3, 0.4) is 0 Å². The van der Waals surface area contributed by atoms with E-state index in [0.29, 0.717) is 0 Å². The van der Waals surface area contributed by atoms with Crippen molar-refractivity contribution in [3.05, 3.63) is 181 Å². The molecule has 0 spiro atoms. The highest BCUT2D eigenvalue weighted by Gasteiger charge is 2.41. The molecule has 0 unspecified atom stereocenters. The highest BCUT2D eigenvalue weighted by molar-refractivity contribution is 6.00. The van der Waals surface area contributed by atoms with Crippen LogP contribution in [0.5, 0.6) is 11.5 Å². The second kappa shape index (κ2) is 10.8. The zero-order valence-electron chi connectivity index (χ0n) is 28.0. The molecule has 0 N–H and O–H groups in total. The zero-order chi connectivity index (χ0) is 33.4. The van der Waals surface area contributed by atoms with Crippen molar-refractivity contribution in [3.8, 4) is 22.6 Å². The van der Waals surface area contributed by atoms with Crippen LogP contribution in [0.4, 0.5) is 34.1 Å². The second-order valence-corrected chi connectivity index (χ2v) is 13.8. The van der Waals surface area contributed by atoms with Crippen LogP contribution in [0.15, 0.2) is 170 Å². The number of nitrogens with zero attached hydrogens (tertiary/aromatic N) is 2. The third-order valence-electron chi connectivity index (χ3n) is 10.6. The summed E-state index contributed by atoms with van der Waals surface area (Å²) in [6.07, 6.45) is 0. The van der Waals surface area contributed by atoms with Crippen molar-refractivity contribution in [2.45, 2.75) is 19.3 Å². The summed E-state index contributed by atoms with van der Waals surface area (Å²) in [7, 11) is 0. The van der Waals surface area contributed by atoms with E-state index in [2.05, 4.69) is 187 Å². The summed E-state index contributed by atoms with van der Waals surface area (Å²) in [5.41, 5.74) is 11.5. The van der Waals surface area contributed by atoms with E-state index in [-0.39, 0.29) is 5.41 Å². The molecule has 0 saturated heterocycles. The molecule has 0 radical (unpaired) electrons. The predicted molar refractivity (Wildman–Crippen MR) is 208 cm³/mol. The molecule has 0 aromatic heterocycles. The minimum Gasteiger partial charge on any atom is -0.453 e. The lowest BCUT2D eigenvalue weighted by atomic mass is 9.72. The van der Waals surface area contributed by atoms with Crippen molar-refractivity contribution in [3.63, 3.8) is 0 Å². The van der Waals surface area contributed by atoms with Gasteiger partial charge in [-0.15, -0.1) is 0 Å². The van der Waals surface area contributed by atoms with Gasteiger partial charge in [-0.25, -0.2) is 0 Å². The van der Waals surface area contributed by atoms with E-state index in [4.69, 9.17) is 4.74 Å². The molecule has 8 aromatic carbocycles. The maximum Gasteiger partial charge on any atom is 0.151 e. The molecule has 0 saturated carbocycles. The summed E-state index contributed by atoms with van der Waals surface area (Å²) in [6.45, 7) is 4.64. The Morgan fingerprint density at radius 2 is 1.16 bits per heavy atom. The Morgan fingerprint density at radius 1 is 0.480 bits per heavy atom. The Bertz CT molecular complexity index is 2610. The summed E-state index contributed by atoms with van der Waals surface area (Å²) in [5.74, 6) is 1.77. The van der Waals surface area contributed by atoms with Crippen molar-refractivity contribution < 1.29 is 4.74 Å². The highest BCUT2D eigenvalue weighted by Crippen LogP contribution is 2.60. The van der Waals surface area contributed by atoms with Gasteiger partial charge >= 0.3 is 0 Å². The van der Waals surface area contributed by atoms with Gasteiger partial charge in [0, 0.05) is 22.2 Å². The van der Waals surface area contributed by atoms with Gasteiger partial charge in [0.05, 0.1) is 22.7 Å². The maximum atomic E-state index is 6.46. The molecule has 8 aromatic rings. The van der Waals surface area contributed by atoms with Gasteiger partial charge in [0.15, 0.2) is 11.5 Å². The van der Waals surface area contributed by atoms with E-state index < -0.39 is 0 Å². The summed E-state index contributed by atoms with van der Waals surface area (Å²) >= 11 is 0. The van der Waals surface area contributed by atoms with E-state index in [1.165, 1.54) is 49.5 Å². The fourth-order valence-electron chi connectivity index (χ4n) is 8.08. The van der Waals surface area contributed by atoms with E-state index in [9.17, 15) is 0 Å². The molecule has 0 atom stereocenters. The molecule has 50 heavy (non-hydrogen) atoms. The number of ether oxygens (including phenoxy) is 1. The number of anilines is 6. The monoisotopic (exact) mass is 642 g/mol. The smallest absolute Gasteiger partial charge is 0.151 e. The Kier molecular flexibility index (Phi) is 6.22. The van der Waals surface area contributed by atoms with Crippen LogP contribution in [0, 0.1) is 0 Å². The summed E-state index contributed by atoms with van der Waals surface area (Å²) in [5, 5.41) is 4.89. The third kappa shape index (κ3) is 4.30. The first kappa shape index (κ1) is 28.7. The molecule has 238 valence electrons. The first-order chi connectivity index (χ1) is 24.5. The molecule has 0 fully saturated rings. The van der Waals surface area contributed by atoms with Gasteiger partial charge < -0.3 is 14.5 Å². The molecule has 2 aliphatic heterocycles. The van der Waals surface area contributed by atoms with E-state index in [0.717, 1.165) is 39.9 Å². The van der Waals surface area contributed by atoms with Crippen molar-refractivity contribution in [1.29, 1.82) is 0 Å². The standard InChI is InChI=1S/C47H34N2O/c1-47(2)39-28-24-35(30-43(39)49-42-17-7-8-19-44(42)50-45-20-10-16-40(47)46(45)49)32-21-25-36(26-22-32)48(37-27-23-31-11-3-4-13-34(31)29-37)41-18-9-14-33-12-5-6-15-38(33)41/h3-30H,1-2H3. The molecular formula is C47H34N2O. The van der Waals surface area contributed by atoms with Crippen molar-refractivity contribution >= 4 is 55.7 Å². The average molecular weight is 643 g/mol. The summed E-state index contributed by atoms with van der Waals surface area (Å²) in [6, 6.07) is 61.3. The summed E-state index contributed by atoms with van der Waals surface area (Å²) < 4.78 is 6.46. The molecular weight excluding hydrogens is 609 g/mol. The van der Waals surface area contributed by atoms with E-state index in [1.807, 2.05) is 6.07 Å². The lowest BCUT2D eigenvalue weighted by Gasteiger charge is -2.45. The quantitative estimate of drug-likeness (QED) is 0.190. The van der Waals surface area contributed by atoms with Crippen LogP contribution in [-0.4, -0.2) is 0 Å². The lowest BCUT2D eigenvalue weighted by molar-refractivity contribution is 0.471. The zero-order valence-corrected chi connectivity index (χ0v) is 28.0. The molecule has 0 aliphatic carbocycles. The molecule has 2 aliphatic rings. The van der Waals surface area contributed by atoms with Gasteiger partial charge in [-0.1, -0.05) is 129 Å². The lowest BCUT2D eigenvalue weighted by Crippen LogP contribution is -2.32. The van der Waals surface area contributed by atoms with Gasteiger partial charge in [-0.05, 0) is 93.0 Å². The topological polar surface area (TPSA) is 15.7 Å². The average Bonchev–Trinajstić information content (AvgIpc) is 3.16. The van der Waals surface area contributed by atoms with Crippen molar-refractivity contribution in [2.75, 3.05) is 9.80 Å². The first-order valence-electron chi connectivity index (χ1n) is 17.3. The SMILES string of the molecule is CC1(C)c2ccc(-c3ccc(N(c4ccc5ccccc5c4)c4cccc5ccccc45)cc3)cc2N2c3ccccc3Oc3cccc1c32. The minimum absolute atomic E-state index is 0.186.